The van der Waals surface area contributed by atoms with Crippen molar-refractivity contribution in [3.63, 3.8) is 0 Å². The van der Waals surface area contributed by atoms with Gasteiger partial charge in [-0.2, -0.15) is 8.42 Å². The molecule has 3 N–H and O–H groups in total. The van der Waals surface area contributed by atoms with Crippen LogP contribution in [0, 0.1) is 6.92 Å². The smallest absolute Gasteiger partial charge is 0.286 e. The fraction of sp³-hybridized carbons (Fsp3) is 0.263. The summed E-state index contributed by atoms with van der Waals surface area (Å²) in [5.41, 5.74) is 0.516. The number of ether oxygens (including phenoxy) is 2. The molecule has 0 spiro atoms. The zero-order valence-electron chi connectivity index (χ0n) is 17.5. The molecule has 0 saturated carbocycles. The van der Waals surface area contributed by atoms with Crippen LogP contribution in [0.4, 0.5) is 0 Å². The Morgan fingerprint density at radius 2 is 1.97 bits per heavy atom. The average molecular weight is 489 g/mol. The molecule has 1 rings (SSSR count). The van der Waals surface area contributed by atoms with Crippen molar-refractivity contribution in [1.82, 2.24) is 10.3 Å². The number of carbonyl (C=O) groups excluding carboxylic acids is 1. The molecule has 0 radical (unpaired) electrons. The molecular weight excluding hydrogens is 464 g/mol. The van der Waals surface area contributed by atoms with Crippen LogP contribution in [0.25, 0.3) is 0 Å². The predicted octanol–water partition coefficient (Wildman–Crippen LogP) is 2.89. The number of methoxy groups -OCH3 is 2. The maximum Gasteiger partial charge on any atom is 0.286 e. The van der Waals surface area contributed by atoms with Crippen LogP contribution in [0.3, 0.4) is 0 Å². The third kappa shape index (κ3) is 7.03. The minimum absolute atomic E-state index is 0.0957. The van der Waals surface area contributed by atoms with Gasteiger partial charge in [-0.15, -0.1) is 17.0 Å². The lowest BCUT2D eigenvalue weighted by atomic mass is 10.2. The van der Waals surface area contributed by atoms with E-state index >= 15 is 0 Å². The van der Waals surface area contributed by atoms with Crippen molar-refractivity contribution < 1.29 is 22.7 Å². The molecule has 0 fully saturated rings. The van der Waals surface area contributed by atoms with Crippen LogP contribution < -0.4 is 11.2 Å². The number of rotatable bonds is 8. The number of halogens is 1. The summed E-state index contributed by atoms with van der Waals surface area (Å²) < 4.78 is 39.6. The second-order valence-corrected chi connectivity index (χ2v) is 8.37. The SMILES string of the molecule is C=CN/C(=N/S(=O)(=O)c1cc(C)c(Cl)cc1S)N(N)C(=O)C/C=C(OC)\C(=C/C)OC. The highest BCUT2D eigenvalue weighted by Crippen LogP contribution is 2.28. The summed E-state index contributed by atoms with van der Waals surface area (Å²) in [5, 5.41) is 3.37. The number of thiol groups is 1. The highest BCUT2D eigenvalue weighted by Gasteiger charge is 2.23. The van der Waals surface area contributed by atoms with Crippen molar-refractivity contribution in [3.05, 3.63) is 59.2 Å². The van der Waals surface area contributed by atoms with E-state index in [2.05, 4.69) is 28.9 Å². The lowest BCUT2D eigenvalue weighted by molar-refractivity contribution is -0.126. The van der Waals surface area contributed by atoms with Gasteiger partial charge in [-0.1, -0.05) is 18.2 Å². The minimum Gasteiger partial charge on any atom is -0.493 e. The molecule has 0 aliphatic rings. The normalized spacial score (nSPS) is 12.9. The van der Waals surface area contributed by atoms with Crippen LogP contribution in [0.15, 0.2) is 62.8 Å². The summed E-state index contributed by atoms with van der Waals surface area (Å²) in [4.78, 5) is 12.4. The highest BCUT2D eigenvalue weighted by molar-refractivity contribution is 7.91. The fourth-order valence-electron chi connectivity index (χ4n) is 2.29. The molecule has 0 saturated heterocycles. The molecule has 9 nitrogen and oxygen atoms in total. The largest absolute Gasteiger partial charge is 0.493 e. The van der Waals surface area contributed by atoms with E-state index in [4.69, 9.17) is 26.9 Å². The third-order valence-electron chi connectivity index (χ3n) is 3.86. The van der Waals surface area contributed by atoms with Crippen LogP contribution >= 0.6 is 24.2 Å². The summed E-state index contributed by atoms with van der Waals surface area (Å²) >= 11 is 10.1. The van der Waals surface area contributed by atoms with E-state index in [1.54, 1.807) is 19.9 Å². The van der Waals surface area contributed by atoms with Gasteiger partial charge in [0.2, 0.25) is 11.9 Å². The Hall–Kier alpha value is -2.47. The summed E-state index contributed by atoms with van der Waals surface area (Å²) in [5.74, 6) is 5.41. The molecular formula is C19H25ClN4O5S2. The van der Waals surface area contributed by atoms with E-state index in [1.807, 2.05) is 0 Å². The topological polar surface area (TPSA) is 123 Å². The number of nitrogens with one attached hydrogen (secondary N) is 1. The quantitative estimate of drug-likeness (QED) is 0.0751. The van der Waals surface area contributed by atoms with Crippen molar-refractivity contribution in [3.8, 4) is 0 Å². The summed E-state index contributed by atoms with van der Waals surface area (Å²) in [6.07, 6.45) is 4.00. The van der Waals surface area contributed by atoms with Crippen molar-refractivity contribution in [2.24, 2.45) is 10.2 Å². The van der Waals surface area contributed by atoms with E-state index < -0.39 is 21.9 Å². The first-order chi connectivity index (χ1) is 14.5. The molecule has 31 heavy (non-hydrogen) atoms. The number of hydrogen-bond donors (Lipinski definition) is 3. The number of carbonyl (C=O) groups is 1. The van der Waals surface area contributed by atoms with Gasteiger partial charge >= 0.3 is 0 Å². The van der Waals surface area contributed by atoms with Gasteiger partial charge in [-0.25, -0.2) is 10.9 Å². The van der Waals surface area contributed by atoms with E-state index in [0.29, 0.717) is 27.1 Å². The average Bonchev–Trinajstić information content (AvgIpc) is 2.72. The first-order valence-electron chi connectivity index (χ1n) is 8.76. The summed E-state index contributed by atoms with van der Waals surface area (Å²) in [7, 11) is -1.41. The maximum absolute atomic E-state index is 12.8. The number of nitrogens with two attached hydrogens (primary N) is 1. The number of nitrogens with zero attached hydrogens (tertiary/aromatic N) is 2. The molecule has 0 unspecified atom stereocenters. The zero-order valence-corrected chi connectivity index (χ0v) is 20.0. The first kappa shape index (κ1) is 26.6. The standard InChI is InChI=1S/C19H25ClN4O5S2/c1-6-14(28-4)15(29-5)8-9-18(25)24(21)19(22-7-2)23-31(26,27)17-10-12(3)13(20)11-16(17)30/h6-8,10-11,30H,2,9,21H2,1,3-5H3,(H,22,23)/b14-6+,15-8+. The van der Waals surface area contributed by atoms with Crippen molar-refractivity contribution in [2.75, 3.05) is 14.2 Å². The Balaban J connectivity index is 3.28. The number of guanidine groups is 1. The fourth-order valence-corrected chi connectivity index (χ4v) is 4.18. The zero-order chi connectivity index (χ0) is 23.8. The molecule has 0 bridgehead atoms. The van der Waals surface area contributed by atoms with Crippen LogP contribution in [-0.2, 0) is 24.3 Å². The van der Waals surface area contributed by atoms with E-state index in [1.165, 1.54) is 32.4 Å². The number of hydrogen-bond acceptors (Lipinski definition) is 7. The number of aryl methyl sites for hydroxylation is 1. The van der Waals surface area contributed by atoms with Gasteiger partial charge in [-0.3, -0.25) is 4.79 Å². The van der Waals surface area contributed by atoms with E-state index in [-0.39, 0.29) is 16.2 Å². The van der Waals surface area contributed by atoms with Gasteiger partial charge in [0, 0.05) is 9.92 Å². The third-order valence-corrected chi connectivity index (χ3v) is 6.10. The molecule has 12 heteroatoms. The molecule has 0 heterocycles. The van der Waals surface area contributed by atoms with Crippen molar-refractivity contribution in [1.29, 1.82) is 0 Å². The van der Waals surface area contributed by atoms with Gasteiger partial charge in [0.25, 0.3) is 10.0 Å². The lowest BCUT2D eigenvalue weighted by Gasteiger charge is -2.18. The van der Waals surface area contributed by atoms with Crippen LogP contribution in [-0.4, -0.2) is 39.5 Å². The monoisotopic (exact) mass is 488 g/mol. The molecule has 0 aliphatic carbocycles. The predicted molar refractivity (Wildman–Crippen MR) is 123 cm³/mol. The number of sulfonamides is 1. The van der Waals surface area contributed by atoms with Crippen molar-refractivity contribution in [2.45, 2.75) is 30.1 Å². The Kier molecular flexibility index (Phi) is 10.1. The molecule has 1 amide bonds. The highest BCUT2D eigenvalue weighted by atomic mass is 35.5. The summed E-state index contributed by atoms with van der Waals surface area (Å²) in [6, 6.07) is 2.72. The number of benzene rings is 1. The van der Waals surface area contributed by atoms with Crippen LogP contribution in [0.1, 0.15) is 18.9 Å². The molecule has 170 valence electrons. The Labute approximate surface area is 192 Å². The Morgan fingerprint density at radius 3 is 2.48 bits per heavy atom. The number of amides is 1. The molecule has 0 aromatic heterocycles. The van der Waals surface area contributed by atoms with E-state index in [0.717, 1.165) is 6.20 Å². The van der Waals surface area contributed by atoms with Crippen LogP contribution in [0.5, 0.6) is 0 Å². The van der Waals surface area contributed by atoms with Gasteiger partial charge in [0.1, 0.15) is 4.90 Å². The molecule has 0 aliphatic heterocycles. The van der Waals surface area contributed by atoms with Gasteiger partial charge < -0.3 is 14.8 Å². The number of hydrazine groups is 1. The minimum atomic E-state index is -4.29. The second kappa shape index (κ2) is 11.8. The molecule has 1 aromatic rings. The summed E-state index contributed by atoms with van der Waals surface area (Å²) in [6.45, 7) is 6.83. The van der Waals surface area contributed by atoms with Gasteiger partial charge in [0.05, 0.1) is 20.6 Å². The second-order valence-electron chi connectivity index (χ2n) is 5.90. The maximum atomic E-state index is 12.8. The molecule has 0 atom stereocenters. The Morgan fingerprint density at radius 1 is 1.35 bits per heavy atom. The van der Waals surface area contributed by atoms with E-state index in [9.17, 15) is 13.2 Å². The van der Waals surface area contributed by atoms with Crippen LogP contribution in [0.2, 0.25) is 5.02 Å². The number of allylic oxidation sites excluding steroid dienone is 1. The van der Waals surface area contributed by atoms with Crippen molar-refractivity contribution >= 4 is 46.1 Å². The first-order valence-corrected chi connectivity index (χ1v) is 11.0. The Bertz CT molecular complexity index is 1040. The van der Waals surface area contributed by atoms with Gasteiger partial charge in [-0.05, 0) is 49.9 Å². The molecule has 1 aromatic carbocycles. The lowest BCUT2D eigenvalue weighted by Crippen LogP contribution is -2.48. The van der Waals surface area contributed by atoms with Gasteiger partial charge in [0.15, 0.2) is 11.5 Å².